The number of hydrogen-bond donors (Lipinski definition) is 2. The number of para-hydroxylation sites is 1. The fourth-order valence-electron chi connectivity index (χ4n) is 4.49. The van der Waals surface area contributed by atoms with Crippen molar-refractivity contribution in [3.8, 4) is 17.5 Å². The Balaban J connectivity index is 1.45. The van der Waals surface area contributed by atoms with Crippen LogP contribution in [0.2, 0.25) is 0 Å². The van der Waals surface area contributed by atoms with E-state index in [1.165, 1.54) is 4.52 Å². The molecule has 5 aromatic heterocycles. The van der Waals surface area contributed by atoms with Crippen LogP contribution in [-0.2, 0) is 0 Å². The SMILES string of the molecule is C[C@@H](NC(=O)c1c(N)nn2cccnc12)c1cc2ccc(C#Cc3ccncc3)n2c(=O)n1-c1ccccc1. The molecule has 6 aromatic rings. The van der Waals surface area contributed by atoms with Crippen molar-refractivity contribution in [1.29, 1.82) is 0 Å². The van der Waals surface area contributed by atoms with Crippen LogP contribution in [0.15, 0.2) is 96.3 Å². The molecule has 0 radical (unpaired) electrons. The molecule has 0 saturated heterocycles. The highest BCUT2D eigenvalue weighted by Gasteiger charge is 2.24. The molecule has 0 fully saturated rings. The van der Waals surface area contributed by atoms with Gasteiger partial charge in [0, 0.05) is 30.4 Å². The molecule has 0 bridgehead atoms. The van der Waals surface area contributed by atoms with Gasteiger partial charge in [0.2, 0.25) is 0 Å². The van der Waals surface area contributed by atoms with Crippen molar-refractivity contribution in [3.05, 3.63) is 125 Å². The molecule has 1 atom stereocenters. The number of hydrogen-bond acceptors (Lipinski definition) is 6. The highest BCUT2D eigenvalue weighted by molar-refractivity contribution is 6.04. The summed E-state index contributed by atoms with van der Waals surface area (Å²) in [6.07, 6.45) is 6.57. The second-order valence-corrected chi connectivity index (χ2v) is 8.83. The topological polar surface area (TPSA) is 125 Å². The molecule has 0 unspecified atom stereocenters. The Labute approximate surface area is 222 Å². The Morgan fingerprint density at radius 1 is 1.00 bits per heavy atom. The molecule has 10 heteroatoms. The van der Waals surface area contributed by atoms with E-state index in [0.717, 1.165) is 5.56 Å². The number of benzene rings is 1. The standard InChI is InChI=1S/C29H22N8O2/c1-19(33-28(38)25-26(30)34-35-17-5-14-32-27(25)35)24-18-23-11-10-22(9-8-20-12-15-31-16-13-20)36(23)29(39)37(24)21-6-3-2-4-7-21/h2-7,10-19H,1H3,(H2,30,34)(H,33,38)/t19-/m1/s1. The number of aromatic nitrogens is 6. The first-order chi connectivity index (χ1) is 19.0. The monoisotopic (exact) mass is 514 g/mol. The molecular formula is C29H22N8O2. The number of rotatable bonds is 4. The molecule has 5 heterocycles. The molecule has 6 rings (SSSR count). The second-order valence-electron chi connectivity index (χ2n) is 8.83. The number of carbonyl (C=O) groups is 1. The van der Waals surface area contributed by atoms with Crippen LogP contribution in [0.3, 0.4) is 0 Å². The lowest BCUT2D eigenvalue weighted by Crippen LogP contribution is -2.34. The fourth-order valence-corrected chi connectivity index (χ4v) is 4.49. The van der Waals surface area contributed by atoms with Gasteiger partial charge in [-0.1, -0.05) is 24.1 Å². The van der Waals surface area contributed by atoms with E-state index in [1.54, 1.807) is 58.0 Å². The van der Waals surface area contributed by atoms with Gasteiger partial charge in [0.15, 0.2) is 11.5 Å². The van der Waals surface area contributed by atoms with E-state index in [9.17, 15) is 9.59 Å². The summed E-state index contributed by atoms with van der Waals surface area (Å²) >= 11 is 0. The highest BCUT2D eigenvalue weighted by atomic mass is 16.2. The quantitative estimate of drug-likeness (QED) is 0.349. The normalized spacial score (nSPS) is 11.7. The minimum absolute atomic E-state index is 0.0679. The van der Waals surface area contributed by atoms with Crippen molar-refractivity contribution in [1.82, 2.24) is 33.9 Å². The highest BCUT2D eigenvalue weighted by Crippen LogP contribution is 2.22. The van der Waals surface area contributed by atoms with Gasteiger partial charge in [-0.05, 0) is 61.4 Å². The van der Waals surface area contributed by atoms with Crippen LogP contribution in [0.4, 0.5) is 5.82 Å². The van der Waals surface area contributed by atoms with E-state index in [0.29, 0.717) is 28.2 Å². The predicted octanol–water partition coefficient (Wildman–Crippen LogP) is 3.00. The summed E-state index contributed by atoms with van der Waals surface area (Å²) < 4.78 is 4.59. The number of anilines is 1. The Morgan fingerprint density at radius 3 is 2.59 bits per heavy atom. The molecule has 1 amide bonds. The molecular weight excluding hydrogens is 492 g/mol. The van der Waals surface area contributed by atoms with Crippen molar-refractivity contribution >= 4 is 22.9 Å². The van der Waals surface area contributed by atoms with Crippen molar-refractivity contribution in [2.45, 2.75) is 13.0 Å². The summed E-state index contributed by atoms with van der Waals surface area (Å²) in [7, 11) is 0. The maximum atomic E-state index is 14.0. The molecule has 39 heavy (non-hydrogen) atoms. The number of nitrogen functional groups attached to an aromatic ring is 1. The third-order valence-electron chi connectivity index (χ3n) is 6.32. The Kier molecular flexibility index (Phi) is 5.86. The first-order valence-corrected chi connectivity index (χ1v) is 12.2. The molecule has 190 valence electrons. The van der Waals surface area contributed by atoms with Crippen LogP contribution < -0.4 is 16.7 Å². The predicted molar refractivity (Wildman–Crippen MR) is 146 cm³/mol. The zero-order chi connectivity index (χ0) is 26.9. The third kappa shape index (κ3) is 4.28. The van der Waals surface area contributed by atoms with E-state index in [4.69, 9.17) is 5.73 Å². The number of pyridine rings is 1. The van der Waals surface area contributed by atoms with Crippen molar-refractivity contribution < 1.29 is 4.79 Å². The molecule has 0 aliphatic rings. The van der Waals surface area contributed by atoms with Gasteiger partial charge >= 0.3 is 5.69 Å². The first kappa shape index (κ1) is 23.7. The Morgan fingerprint density at radius 2 is 1.79 bits per heavy atom. The summed E-state index contributed by atoms with van der Waals surface area (Å²) in [5, 5.41) is 7.14. The average Bonchev–Trinajstić information content (AvgIpc) is 3.52. The lowest BCUT2D eigenvalue weighted by molar-refractivity contribution is 0.0941. The van der Waals surface area contributed by atoms with Gasteiger partial charge in [-0.25, -0.2) is 14.3 Å². The maximum Gasteiger partial charge on any atom is 0.338 e. The number of fused-ring (bicyclic) bond motifs is 2. The largest absolute Gasteiger partial charge is 0.381 e. The number of carbonyl (C=O) groups excluding carboxylic acids is 1. The molecule has 1 aromatic carbocycles. The van der Waals surface area contributed by atoms with Crippen molar-refractivity contribution in [2.24, 2.45) is 0 Å². The third-order valence-corrected chi connectivity index (χ3v) is 6.32. The van der Waals surface area contributed by atoms with Gasteiger partial charge in [-0.15, -0.1) is 5.10 Å². The number of nitrogens with one attached hydrogen (secondary N) is 1. The van der Waals surface area contributed by atoms with Gasteiger partial charge < -0.3 is 11.1 Å². The van der Waals surface area contributed by atoms with Crippen LogP contribution in [0, 0.1) is 11.8 Å². The van der Waals surface area contributed by atoms with Gasteiger partial charge in [0.1, 0.15) is 11.3 Å². The van der Waals surface area contributed by atoms with Crippen LogP contribution >= 0.6 is 0 Å². The van der Waals surface area contributed by atoms with E-state index < -0.39 is 11.9 Å². The molecule has 0 saturated carbocycles. The number of nitrogens with zero attached hydrogens (tertiary/aromatic N) is 6. The summed E-state index contributed by atoms with van der Waals surface area (Å²) in [5.74, 6) is 5.80. The van der Waals surface area contributed by atoms with Crippen LogP contribution in [0.25, 0.3) is 16.9 Å². The Bertz CT molecular complexity index is 1960. The zero-order valence-corrected chi connectivity index (χ0v) is 20.8. The zero-order valence-electron chi connectivity index (χ0n) is 20.8. The summed E-state index contributed by atoms with van der Waals surface area (Å²) in [4.78, 5) is 35.6. The summed E-state index contributed by atoms with van der Waals surface area (Å²) in [6.45, 7) is 1.81. The lowest BCUT2D eigenvalue weighted by atomic mass is 10.1. The summed E-state index contributed by atoms with van der Waals surface area (Å²) in [6, 6.07) is 19.5. The van der Waals surface area contributed by atoms with E-state index in [1.807, 2.05) is 49.4 Å². The van der Waals surface area contributed by atoms with Crippen LogP contribution in [-0.4, -0.2) is 34.5 Å². The molecule has 0 spiro atoms. The molecule has 0 aliphatic heterocycles. The van der Waals surface area contributed by atoms with Crippen LogP contribution in [0.5, 0.6) is 0 Å². The molecule has 10 nitrogen and oxygen atoms in total. The fraction of sp³-hybridized carbons (Fsp3) is 0.0690. The minimum atomic E-state index is -0.574. The molecule has 0 aliphatic carbocycles. The number of amides is 1. The van der Waals surface area contributed by atoms with E-state index in [2.05, 4.69) is 32.2 Å². The second kappa shape index (κ2) is 9.64. The van der Waals surface area contributed by atoms with Gasteiger partial charge in [0.25, 0.3) is 5.91 Å². The van der Waals surface area contributed by atoms with E-state index >= 15 is 0 Å². The Hall–Kier alpha value is -5.69. The van der Waals surface area contributed by atoms with Gasteiger partial charge in [-0.3, -0.25) is 18.7 Å². The minimum Gasteiger partial charge on any atom is -0.381 e. The molecule has 3 N–H and O–H groups in total. The van der Waals surface area contributed by atoms with Crippen molar-refractivity contribution in [2.75, 3.05) is 5.73 Å². The van der Waals surface area contributed by atoms with E-state index in [-0.39, 0.29) is 17.1 Å². The summed E-state index contributed by atoms with van der Waals surface area (Å²) in [5.41, 5.74) is 9.49. The average molecular weight is 515 g/mol. The van der Waals surface area contributed by atoms with Crippen molar-refractivity contribution in [3.63, 3.8) is 0 Å². The number of nitrogens with two attached hydrogens (primary N) is 1. The first-order valence-electron chi connectivity index (χ1n) is 12.2. The van der Waals surface area contributed by atoms with Crippen LogP contribution in [0.1, 0.15) is 40.3 Å². The maximum absolute atomic E-state index is 14.0. The lowest BCUT2D eigenvalue weighted by Gasteiger charge is -2.20. The smallest absolute Gasteiger partial charge is 0.338 e. The van der Waals surface area contributed by atoms with Gasteiger partial charge in [0.05, 0.1) is 22.9 Å². The van der Waals surface area contributed by atoms with Gasteiger partial charge in [-0.2, -0.15) is 0 Å².